The van der Waals surface area contributed by atoms with Crippen LogP contribution in [0.25, 0.3) is 0 Å². The minimum absolute atomic E-state index is 0.0347. The molecule has 0 radical (unpaired) electrons. The van der Waals surface area contributed by atoms with E-state index in [2.05, 4.69) is 9.97 Å². The number of rotatable bonds is 9. The first-order chi connectivity index (χ1) is 20.2. The first kappa shape index (κ1) is 28.6. The number of esters is 1. The standard InChI is InChI=1S/C32H30N2O8/c1-17-29(37)27-20(14-34-17)15-42-32(27)25-12-23(18(2)35)30(38)28(31(25)39)24(13-26(36)40-3)19-7-9-22(10-8-19)41-16-21-6-4-5-11-33-21/h4-12,14,24,32,37-39H,13,15-16H2,1-3H3/t24-,32+/m0/s1. The number of aryl methyl sites for hydroxylation is 1. The first-order valence-electron chi connectivity index (χ1n) is 13.3. The van der Waals surface area contributed by atoms with E-state index in [0.29, 0.717) is 28.1 Å². The van der Waals surface area contributed by atoms with E-state index in [1.165, 1.54) is 20.1 Å². The Labute approximate surface area is 242 Å². The number of phenols is 2. The van der Waals surface area contributed by atoms with Crippen LogP contribution < -0.4 is 4.74 Å². The number of nitrogens with zero attached hydrogens (tertiary/aromatic N) is 2. The molecule has 2 aromatic heterocycles. The molecule has 1 aliphatic heterocycles. The summed E-state index contributed by atoms with van der Waals surface area (Å²) in [7, 11) is 1.24. The smallest absolute Gasteiger partial charge is 0.306 e. The van der Waals surface area contributed by atoms with Crippen molar-refractivity contribution in [3.63, 3.8) is 0 Å². The monoisotopic (exact) mass is 570 g/mol. The number of hydrogen-bond donors (Lipinski definition) is 3. The van der Waals surface area contributed by atoms with Crippen LogP contribution >= 0.6 is 0 Å². The SMILES string of the molecule is COC(=O)C[C@@H](c1ccc(OCc2ccccn2)cc1)c1c(O)c(C(C)=O)cc([C@H]2OCc3cnc(C)c(O)c32)c1O. The summed E-state index contributed by atoms with van der Waals surface area (Å²) in [6, 6.07) is 13.7. The minimum Gasteiger partial charge on any atom is -0.507 e. The van der Waals surface area contributed by atoms with E-state index in [1.54, 1.807) is 43.6 Å². The molecule has 2 aromatic carbocycles. The van der Waals surface area contributed by atoms with Crippen molar-refractivity contribution in [2.75, 3.05) is 7.11 Å². The summed E-state index contributed by atoms with van der Waals surface area (Å²) in [6.07, 6.45) is 2.08. The lowest BCUT2D eigenvalue weighted by Gasteiger charge is -2.24. The van der Waals surface area contributed by atoms with Gasteiger partial charge in [0.25, 0.3) is 0 Å². The van der Waals surface area contributed by atoms with Crippen LogP contribution in [0.15, 0.2) is 60.9 Å². The Bertz CT molecular complexity index is 1640. The van der Waals surface area contributed by atoms with E-state index in [0.717, 1.165) is 5.69 Å². The molecule has 3 heterocycles. The van der Waals surface area contributed by atoms with E-state index < -0.39 is 29.5 Å². The summed E-state index contributed by atoms with van der Waals surface area (Å²) in [4.78, 5) is 33.7. The van der Waals surface area contributed by atoms with Gasteiger partial charge in [-0.3, -0.25) is 19.6 Å². The Morgan fingerprint density at radius 3 is 2.48 bits per heavy atom. The molecule has 0 bridgehead atoms. The molecule has 42 heavy (non-hydrogen) atoms. The minimum atomic E-state index is -0.944. The van der Waals surface area contributed by atoms with Crippen LogP contribution in [-0.2, 0) is 27.5 Å². The van der Waals surface area contributed by atoms with Crippen molar-refractivity contribution in [3.8, 4) is 23.0 Å². The number of pyridine rings is 2. The number of aromatic hydroxyl groups is 3. The Balaban J connectivity index is 1.59. The zero-order valence-corrected chi connectivity index (χ0v) is 23.3. The maximum atomic E-state index is 12.7. The molecular weight excluding hydrogens is 540 g/mol. The second-order valence-corrected chi connectivity index (χ2v) is 10.0. The van der Waals surface area contributed by atoms with E-state index in [-0.39, 0.29) is 47.8 Å². The number of aromatic nitrogens is 2. The Morgan fingerprint density at radius 1 is 1.05 bits per heavy atom. The van der Waals surface area contributed by atoms with Crippen LogP contribution in [-0.4, -0.2) is 44.1 Å². The van der Waals surface area contributed by atoms with Crippen LogP contribution in [0.1, 0.15) is 74.9 Å². The summed E-state index contributed by atoms with van der Waals surface area (Å²) < 4.78 is 16.7. The summed E-state index contributed by atoms with van der Waals surface area (Å²) in [6.45, 7) is 3.31. The van der Waals surface area contributed by atoms with E-state index in [1.807, 2.05) is 18.2 Å². The highest BCUT2D eigenvalue weighted by Gasteiger charge is 2.36. The molecule has 0 aliphatic carbocycles. The lowest BCUT2D eigenvalue weighted by molar-refractivity contribution is -0.140. The Kier molecular flexibility index (Phi) is 8.08. The first-order valence-corrected chi connectivity index (χ1v) is 13.3. The van der Waals surface area contributed by atoms with Gasteiger partial charge >= 0.3 is 5.97 Å². The van der Waals surface area contributed by atoms with Crippen molar-refractivity contribution in [2.45, 2.75) is 45.5 Å². The average molecular weight is 571 g/mol. The van der Waals surface area contributed by atoms with Crippen molar-refractivity contribution in [3.05, 3.63) is 106 Å². The molecule has 0 saturated heterocycles. The van der Waals surface area contributed by atoms with Gasteiger partial charge in [0.1, 0.15) is 35.7 Å². The Morgan fingerprint density at radius 2 is 1.81 bits per heavy atom. The highest BCUT2D eigenvalue weighted by Crippen LogP contribution is 2.50. The topological polar surface area (TPSA) is 148 Å². The van der Waals surface area contributed by atoms with Gasteiger partial charge < -0.3 is 29.5 Å². The largest absolute Gasteiger partial charge is 0.507 e. The molecular formula is C32H30N2O8. The van der Waals surface area contributed by atoms with Gasteiger partial charge in [-0.25, -0.2) is 0 Å². The molecule has 1 aliphatic rings. The van der Waals surface area contributed by atoms with Crippen LogP contribution in [0.5, 0.6) is 23.0 Å². The molecule has 10 heteroatoms. The summed E-state index contributed by atoms with van der Waals surface area (Å²) in [5.41, 5.74) is 2.80. The summed E-state index contributed by atoms with van der Waals surface area (Å²) in [5.74, 6) is -2.32. The van der Waals surface area contributed by atoms with E-state index >= 15 is 0 Å². The van der Waals surface area contributed by atoms with Gasteiger partial charge in [-0.15, -0.1) is 0 Å². The molecule has 4 aromatic rings. The highest BCUT2D eigenvalue weighted by molar-refractivity contribution is 5.98. The van der Waals surface area contributed by atoms with E-state index in [9.17, 15) is 24.9 Å². The number of phenolic OH excluding ortho intramolecular Hbond substituents is 2. The second kappa shape index (κ2) is 11.9. The van der Waals surface area contributed by atoms with Crippen molar-refractivity contribution >= 4 is 11.8 Å². The number of hydrogen-bond acceptors (Lipinski definition) is 10. The average Bonchev–Trinajstić information content (AvgIpc) is 3.42. The molecule has 0 saturated carbocycles. The third-order valence-corrected chi connectivity index (χ3v) is 7.37. The number of fused-ring (bicyclic) bond motifs is 1. The number of carbonyl (C=O) groups excluding carboxylic acids is 2. The van der Waals surface area contributed by atoms with Crippen LogP contribution in [0.3, 0.4) is 0 Å². The molecule has 3 N–H and O–H groups in total. The molecule has 10 nitrogen and oxygen atoms in total. The maximum Gasteiger partial charge on any atom is 0.306 e. The summed E-state index contributed by atoms with van der Waals surface area (Å²) in [5, 5.41) is 33.8. The lowest BCUT2D eigenvalue weighted by Crippen LogP contribution is -2.13. The zero-order valence-electron chi connectivity index (χ0n) is 23.3. The zero-order chi connectivity index (χ0) is 30.0. The van der Waals surface area contributed by atoms with Gasteiger partial charge in [-0.1, -0.05) is 18.2 Å². The quantitative estimate of drug-likeness (QED) is 0.185. The molecule has 5 rings (SSSR count). The van der Waals surface area contributed by atoms with Gasteiger partial charge in [-0.05, 0) is 49.7 Å². The van der Waals surface area contributed by atoms with Gasteiger partial charge in [0.05, 0.1) is 37.1 Å². The van der Waals surface area contributed by atoms with Crippen LogP contribution in [0.4, 0.5) is 0 Å². The normalized spacial score (nSPS) is 14.7. The molecule has 0 unspecified atom stereocenters. The number of benzene rings is 2. The predicted molar refractivity (Wildman–Crippen MR) is 151 cm³/mol. The van der Waals surface area contributed by atoms with E-state index in [4.69, 9.17) is 14.2 Å². The number of methoxy groups -OCH3 is 1. The third kappa shape index (κ3) is 5.48. The van der Waals surface area contributed by atoms with Crippen molar-refractivity contribution in [2.24, 2.45) is 0 Å². The van der Waals surface area contributed by atoms with Crippen molar-refractivity contribution in [1.82, 2.24) is 9.97 Å². The fourth-order valence-electron chi connectivity index (χ4n) is 5.14. The molecule has 0 fully saturated rings. The fraction of sp³-hybridized carbons (Fsp3) is 0.250. The van der Waals surface area contributed by atoms with Crippen LogP contribution in [0, 0.1) is 6.92 Å². The lowest BCUT2D eigenvalue weighted by atomic mass is 9.83. The predicted octanol–water partition coefficient (Wildman–Crippen LogP) is 5.00. The Hall–Kier alpha value is -4.96. The van der Waals surface area contributed by atoms with Crippen molar-refractivity contribution < 1.29 is 39.1 Å². The third-order valence-electron chi connectivity index (χ3n) is 7.37. The number of ketones is 1. The number of ether oxygens (including phenoxy) is 3. The molecule has 216 valence electrons. The molecule has 0 amide bonds. The highest BCUT2D eigenvalue weighted by atomic mass is 16.5. The van der Waals surface area contributed by atoms with Gasteiger partial charge in [0.15, 0.2) is 5.78 Å². The second-order valence-electron chi connectivity index (χ2n) is 10.0. The maximum absolute atomic E-state index is 12.7. The fourth-order valence-corrected chi connectivity index (χ4v) is 5.14. The summed E-state index contributed by atoms with van der Waals surface area (Å²) >= 11 is 0. The van der Waals surface area contributed by atoms with Gasteiger partial charge in [0.2, 0.25) is 0 Å². The number of Topliss-reactive ketones (excluding diaryl/α,β-unsaturated/α-hetero) is 1. The molecule has 0 spiro atoms. The van der Waals surface area contributed by atoms with Crippen molar-refractivity contribution in [1.29, 1.82) is 0 Å². The van der Waals surface area contributed by atoms with Crippen LogP contribution in [0.2, 0.25) is 0 Å². The molecule has 2 atom stereocenters. The van der Waals surface area contributed by atoms with Gasteiger partial charge in [-0.2, -0.15) is 0 Å². The number of carbonyl (C=O) groups is 2. The van der Waals surface area contributed by atoms with Gasteiger partial charge in [0, 0.05) is 40.6 Å².